The predicted molar refractivity (Wildman–Crippen MR) is 76.6 cm³/mol. The lowest BCUT2D eigenvalue weighted by atomic mass is 10.1. The Bertz CT molecular complexity index is 753. The number of hydrogen-bond donors (Lipinski definition) is 2. The van der Waals surface area contributed by atoms with Crippen LogP contribution in [0.3, 0.4) is 0 Å². The maximum atomic E-state index is 10.7. The average Bonchev–Trinajstić information content (AvgIpc) is 2.52. The molecule has 0 aliphatic rings. The van der Waals surface area contributed by atoms with Gasteiger partial charge in [-0.3, -0.25) is 0 Å². The van der Waals surface area contributed by atoms with E-state index in [9.17, 15) is 4.79 Å². The number of carboxylic acids is 1. The summed E-state index contributed by atoms with van der Waals surface area (Å²) in [5.74, 6) is -0.958. The van der Waals surface area contributed by atoms with E-state index in [4.69, 9.17) is 15.6 Å². The first kappa shape index (κ1) is 14.1. The van der Waals surface area contributed by atoms with Crippen LogP contribution in [0.5, 0.6) is 0 Å². The minimum absolute atomic E-state index is 0.240. The third kappa shape index (κ3) is 3.37. The molecule has 5 heteroatoms. The zero-order valence-corrected chi connectivity index (χ0v) is 11.0. The maximum Gasteiger partial charge on any atom is 0.335 e. The van der Waals surface area contributed by atoms with E-state index in [-0.39, 0.29) is 5.56 Å². The molecule has 2 aromatic rings. The largest absolute Gasteiger partial charge is 0.478 e. The second-order valence-corrected chi connectivity index (χ2v) is 4.34. The van der Waals surface area contributed by atoms with Crippen molar-refractivity contribution in [2.24, 2.45) is 0 Å². The van der Waals surface area contributed by atoms with Crippen LogP contribution in [0, 0.1) is 22.7 Å². The van der Waals surface area contributed by atoms with E-state index in [1.54, 1.807) is 42.5 Å². The zero-order valence-electron chi connectivity index (χ0n) is 11.0. The van der Waals surface area contributed by atoms with E-state index in [0.29, 0.717) is 17.7 Å². The summed E-state index contributed by atoms with van der Waals surface area (Å²) < 4.78 is 0. The number of benzene rings is 2. The molecule has 0 radical (unpaired) electrons. The first-order valence-corrected chi connectivity index (χ1v) is 6.14. The monoisotopic (exact) mass is 277 g/mol. The molecule has 0 aliphatic heterocycles. The third-order valence-corrected chi connectivity index (χ3v) is 2.96. The number of carboxylic acid groups (broad SMARTS) is 1. The van der Waals surface area contributed by atoms with E-state index < -0.39 is 5.97 Å². The van der Waals surface area contributed by atoms with Gasteiger partial charge in [0.25, 0.3) is 0 Å². The summed E-state index contributed by atoms with van der Waals surface area (Å²) in [7, 11) is 0. The van der Waals surface area contributed by atoms with Crippen molar-refractivity contribution in [1.82, 2.24) is 0 Å². The molecule has 2 N–H and O–H groups in total. The lowest BCUT2D eigenvalue weighted by Crippen LogP contribution is -2.01. The summed E-state index contributed by atoms with van der Waals surface area (Å²) in [4.78, 5) is 10.7. The van der Waals surface area contributed by atoms with Gasteiger partial charge in [-0.1, -0.05) is 12.1 Å². The van der Waals surface area contributed by atoms with Gasteiger partial charge in [0.15, 0.2) is 0 Å². The van der Waals surface area contributed by atoms with Gasteiger partial charge in [-0.25, -0.2) is 4.79 Å². The van der Waals surface area contributed by atoms with Crippen LogP contribution >= 0.6 is 0 Å². The fraction of sp³-hybridized carbons (Fsp3) is 0.0625. The van der Waals surface area contributed by atoms with Crippen LogP contribution in [0.25, 0.3) is 0 Å². The number of rotatable bonds is 4. The molecular weight excluding hydrogens is 266 g/mol. The molecule has 0 atom stereocenters. The molecule has 0 amide bonds. The lowest BCUT2D eigenvalue weighted by molar-refractivity contribution is 0.0697. The van der Waals surface area contributed by atoms with Crippen LogP contribution in [0.1, 0.15) is 27.0 Å². The molecule has 0 aromatic heterocycles. The van der Waals surface area contributed by atoms with Crippen LogP contribution in [-0.2, 0) is 6.54 Å². The molecule has 21 heavy (non-hydrogen) atoms. The molecule has 0 unspecified atom stereocenters. The van der Waals surface area contributed by atoms with Crippen LogP contribution in [-0.4, -0.2) is 11.1 Å². The Kier molecular flexibility index (Phi) is 4.18. The fourth-order valence-electron chi connectivity index (χ4n) is 1.81. The summed E-state index contributed by atoms with van der Waals surface area (Å²) in [5, 5.41) is 29.8. The molecule has 0 heterocycles. The van der Waals surface area contributed by atoms with Crippen molar-refractivity contribution in [1.29, 1.82) is 10.5 Å². The van der Waals surface area contributed by atoms with Crippen molar-refractivity contribution in [2.45, 2.75) is 6.54 Å². The van der Waals surface area contributed by atoms with E-state index in [1.165, 1.54) is 0 Å². The van der Waals surface area contributed by atoms with Crippen molar-refractivity contribution >= 4 is 11.7 Å². The van der Waals surface area contributed by atoms with Crippen LogP contribution in [0.4, 0.5) is 5.69 Å². The van der Waals surface area contributed by atoms with Gasteiger partial charge < -0.3 is 10.4 Å². The van der Waals surface area contributed by atoms with Crippen molar-refractivity contribution < 1.29 is 9.90 Å². The Hall–Kier alpha value is -3.31. The number of anilines is 1. The quantitative estimate of drug-likeness (QED) is 0.895. The maximum absolute atomic E-state index is 10.7. The number of carbonyl (C=O) groups is 1. The molecule has 0 aliphatic carbocycles. The molecule has 2 rings (SSSR count). The number of nitrogens with zero attached hydrogens (tertiary/aromatic N) is 2. The Labute approximate surface area is 121 Å². The highest BCUT2D eigenvalue weighted by atomic mass is 16.4. The minimum atomic E-state index is -0.958. The van der Waals surface area contributed by atoms with Gasteiger partial charge in [-0.05, 0) is 35.9 Å². The van der Waals surface area contributed by atoms with Crippen LogP contribution < -0.4 is 5.32 Å². The number of nitriles is 2. The summed E-state index contributed by atoms with van der Waals surface area (Å²) in [6, 6.07) is 15.4. The van der Waals surface area contributed by atoms with Gasteiger partial charge in [0, 0.05) is 12.2 Å². The summed E-state index contributed by atoms with van der Waals surface area (Å²) in [5.41, 5.74) is 2.55. The highest BCUT2D eigenvalue weighted by Crippen LogP contribution is 2.16. The standard InChI is InChI=1S/C16H11N3O2/c17-8-13-5-6-15(7-14(13)9-18)19-10-11-1-3-12(4-2-11)16(20)21/h1-7,19H,10H2,(H,20,21). The molecule has 0 spiro atoms. The van der Waals surface area contributed by atoms with Crippen molar-refractivity contribution in [3.8, 4) is 12.1 Å². The average molecular weight is 277 g/mol. The highest BCUT2D eigenvalue weighted by molar-refractivity contribution is 5.87. The van der Waals surface area contributed by atoms with Crippen molar-refractivity contribution in [3.63, 3.8) is 0 Å². The second kappa shape index (κ2) is 6.23. The van der Waals surface area contributed by atoms with Gasteiger partial charge >= 0.3 is 5.97 Å². The molecular formula is C16H11N3O2. The van der Waals surface area contributed by atoms with Gasteiger partial charge in [-0.2, -0.15) is 10.5 Å². The summed E-state index contributed by atoms with van der Waals surface area (Å²) >= 11 is 0. The Balaban J connectivity index is 2.08. The molecule has 0 bridgehead atoms. The highest BCUT2D eigenvalue weighted by Gasteiger charge is 2.04. The molecule has 2 aromatic carbocycles. The number of nitrogens with one attached hydrogen (secondary N) is 1. The van der Waals surface area contributed by atoms with Crippen LogP contribution in [0.15, 0.2) is 42.5 Å². The van der Waals surface area contributed by atoms with E-state index in [0.717, 1.165) is 11.3 Å². The molecule has 0 saturated heterocycles. The van der Waals surface area contributed by atoms with E-state index in [1.807, 2.05) is 12.1 Å². The molecule has 5 nitrogen and oxygen atoms in total. The summed E-state index contributed by atoms with van der Waals surface area (Å²) in [6.45, 7) is 0.497. The first-order valence-electron chi connectivity index (χ1n) is 6.14. The molecule has 102 valence electrons. The normalized spacial score (nSPS) is 9.43. The van der Waals surface area contributed by atoms with Gasteiger partial charge in [0.05, 0.1) is 16.7 Å². The SMILES string of the molecule is N#Cc1ccc(NCc2ccc(C(=O)O)cc2)cc1C#N. The van der Waals surface area contributed by atoms with Gasteiger partial charge in [0.2, 0.25) is 0 Å². The van der Waals surface area contributed by atoms with Crippen molar-refractivity contribution in [2.75, 3.05) is 5.32 Å². The Morgan fingerprint density at radius 3 is 2.29 bits per heavy atom. The smallest absolute Gasteiger partial charge is 0.335 e. The number of hydrogen-bond acceptors (Lipinski definition) is 4. The van der Waals surface area contributed by atoms with Gasteiger partial charge in [-0.15, -0.1) is 0 Å². The fourth-order valence-corrected chi connectivity index (χ4v) is 1.81. The Morgan fingerprint density at radius 1 is 1.05 bits per heavy atom. The summed E-state index contributed by atoms with van der Waals surface area (Å²) in [6.07, 6.45) is 0. The third-order valence-electron chi connectivity index (χ3n) is 2.96. The second-order valence-electron chi connectivity index (χ2n) is 4.34. The number of aromatic carboxylic acids is 1. The van der Waals surface area contributed by atoms with E-state index in [2.05, 4.69) is 5.32 Å². The Morgan fingerprint density at radius 2 is 1.71 bits per heavy atom. The van der Waals surface area contributed by atoms with Crippen molar-refractivity contribution in [3.05, 3.63) is 64.7 Å². The lowest BCUT2D eigenvalue weighted by Gasteiger charge is -2.07. The minimum Gasteiger partial charge on any atom is -0.478 e. The molecule has 0 saturated carbocycles. The predicted octanol–water partition coefficient (Wildman–Crippen LogP) is 2.74. The van der Waals surface area contributed by atoms with Gasteiger partial charge in [0.1, 0.15) is 12.1 Å². The topological polar surface area (TPSA) is 96.9 Å². The zero-order chi connectivity index (χ0) is 15.2. The molecule has 0 fully saturated rings. The van der Waals surface area contributed by atoms with E-state index >= 15 is 0 Å². The first-order chi connectivity index (χ1) is 10.1. The van der Waals surface area contributed by atoms with Crippen LogP contribution in [0.2, 0.25) is 0 Å².